The summed E-state index contributed by atoms with van der Waals surface area (Å²) in [5.74, 6) is -1.07. The molecule has 0 heterocycles. The first kappa shape index (κ1) is 19.8. The summed E-state index contributed by atoms with van der Waals surface area (Å²) in [5, 5.41) is 1.56. The maximum absolute atomic E-state index is 11.6. The van der Waals surface area contributed by atoms with Gasteiger partial charge in [0.1, 0.15) is 0 Å². The molecule has 0 spiro atoms. The van der Waals surface area contributed by atoms with Crippen LogP contribution in [0, 0.1) is 0 Å². The predicted molar refractivity (Wildman–Crippen MR) is 64.0 cm³/mol. The molecule has 2 atom stereocenters. The number of carbonyl (C=O) groups is 1. The molecule has 1 amide bonds. The molecule has 0 aliphatic carbocycles. The minimum Gasteiger partial charge on any atom is -0.777 e. The van der Waals surface area contributed by atoms with Crippen molar-refractivity contribution in [2.45, 2.75) is 5.52 Å². The van der Waals surface area contributed by atoms with Crippen molar-refractivity contribution in [2.75, 3.05) is 5.73 Å². The van der Waals surface area contributed by atoms with E-state index in [1.54, 1.807) is 5.32 Å². The van der Waals surface area contributed by atoms with Crippen molar-refractivity contribution < 1.29 is 63.1 Å². The van der Waals surface area contributed by atoms with Gasteiger partial charge in [0, 0.05) is 11.3 Å². The van der Waals surface area contributed by atoms with E-state index >= 15 is 0 Å². The summed E-state index contributed by atoms with van der Waals surface area (Å²) in [4.78, 5) is 48.8. The number of hydrogen-bond acceptors (Lipinski definition) is 5. The van der Waals surface area contributed by atoms with Crippen molar-refractivity contribution in [2.24, 2.45) is 0 Å². The molecule has 0 saturated carbocycles. The van der Waals surface area contributed by atoms with Gasteiger partial charge < -0.3 is 35.2 Å². The molecule has 0 aliphatic rings. The summed E-state index contributed by atoms with van der Waals surface area (Å²) in [6.07, 6.45) is 0. The first-order valence-electron chi connectivity index (χ1n) is 4.77. The molecule has 106 valence electrons. The van der Waals surface area contributed by atoms with Gasteiger partial charge in [-0.25, -0.2) is 0 Å². The minimum atomic E-state index is -5.45. The minimum absolute atomic E-state index is 0. The number of nitrogens with one attached hydrogen (secondary N) is 1. The van der Waals surface area contributed by atoms with E-state index in [2.05, 4.69) is 0 Å². The normalized spacial score (nSPS) is 15.6. The van der Waals surface area contributed by atoms with Crippen LogP contribution in [0.15, 0.2) is 24.3 Å². The fourth-order valence-electron chi connectivity index (χ4n) is 1.19. The summed E-state index contributed by atoms with van der Waals surface area (Å²) < 4.78 is 21.8. The fourth-order valence-corrected chi connectivity index (χ4v) is 3.28. The van der Waals surface area contributed by atoms with E-state index in [-0.39, 0.29) is 35.1 Å². The molecule has 2 unspecified atom stereocenters. The van der Waals surface area contributed by atoms with Crippen LogP contribution in [0.4, 0.5) is 5.69 Å². The molecule has 20 heavy (non-hydrogen) atoms. The summed E-state index contributed by atoms with van der Waals surface area (Å²) >= 11 is 0. The first-order valence-corrected chi connectivity index (χ1v) is 8.10. The maximum atomic E-state index is 11.6. The summed E-state index contributed by atoms with van der Waals surface area (Å²) in [7, 11) is -10.7. The molecule has 1 aromatic carbocycles. The molecule has 0 aromatic heterocycles. The van der Waals surface area contributed by atoms with Crippen LogP contribution in [-0.2, 0) is 9.13 Å². The van der Waals surface area contributed by atoms with Gasteiger partial charge in [-0.15, -0.1) is 0 Å². The van der Waals surface area contributed by atoms with Gasteiger partial charge in [-0.1, -0.05) is 0 Å². The van der Waals surface area contributed by atoms with Crippen LogP contribution in [0.5, 0.6) is 0 Å². The average molecular weight is 332 g/mol. The summed E-state index contributed by atoms with van der Waals surface area (Å²) in [6.45, 7) is 0. The van der Waals surface area contributed by atoms with Crippen molar-refractivity contribution in [1.29, 1.82) is 0 Å². The quantitative estimate of drug-likeness (QED) is 0.211. The van der Waals surface area contributed by atoms with Gasteiger partial charge in [-0.2, -0.15) is 0 Å². The van der Waals surface area contributed by atoms with Crippen LogP contribution < -0.4 is 45.5 Å². The monoisotopic (exact) mass is 332 g/mol. The zero-order valence-electron chi connectivity index (χ0n) is 10.3. The molecule has 0 aliphatic heterocycles. The van der Waals surface area contributed by atoms with Crippen LogP contribution in [-0.4, -0.2) is 26.1 Å². The SMILES string of the molecule is Nc1ccc(C(=O)NC(P(=O)([O-])O)P(=O)(O)O)cc1.[Na+]. The van der Waals surface area contributed by atoms with E-state index in [0.717, 1.165) is 0 Å². The number of nitrogen functional groups attached to an aromatic ring is 1. The number of nitrogens with two attached hydrogens (primary N) is 1. The molecule has 6 N–H and O–H groups in total. The Bertz CT molecular complexity index is 545. The fraction of sp³-hybridized carbons (Fsp3) is 0.125. The second kappa shape index (κ2) is 7.17. The topological polar surface area (TPSA) is 173 Å². The number of amides is 1. The molecule has 12 heteroatoms. The number of anilines is 1. The van der Waals surface area contributed by atoms with Gasteiger partial charge in [-0.05, 0) is 24.3 Å². The maximum Gasteiger partial charge on any atom is 1.00 e. The van der Waals surface area contributed by atoms with Gasteiger partial charge in [0.2, 0.25) is 0 Å². The van der Waals surface area contributed by atoms with Crippen molar-refractivity contribution in [3.05, 3.63) is 29.8 Å². The Balaban J connectivity index is 0.00000361. The van der Waals surface area contributed by atoms with Crippen molar-refractivity contribution >= 4 is 26.8 Å². The molecular weight excluding hydrogens is 321 g/mol. The van der Waals surface area contributed by atoms with Crippen LogP contribution in [0.3, 0.4) is 0 Å². The first-order chi connectivity index (χ1) is 8.51. The molecule has 1 rings (SSSR count). The number of rotatable bonds is 4. The second-order valence-electron chi connectivity index (χ2n) is 3.62. The number of hydrogen-bond donors (Lipinski definition) is 5. The zero-order chi connectivity index (χ0) is 14.8. The second-order valence-corrected chi connectivity index (χ2v) is 7.37. The summed E-state index contributed by atoms with van der Waals surface area (Å²) in [5.41, 5.74) is 2.96. The van der Waals surface area contributed by atoms with E-state index in [1.807, 2.05) is 0 Å². The van der Waals surface area contributed by atoms with Gasteiger partial charge in [-0.3, -0.25) is 9.36 Å². The molecule has 0 bridgehead atoms. The van der Waals surface area contributed by atoms with E-state index in [0.29, 0.717) is 5.69 Å². The van der Waals surface area contributed by atoms with E-state index in [4.69, 9.17) is 20.4 Å². The average Bonchev–Trinajstić information content (AvgIpc) is 2.23. The summed E-state index contributed by atoms with van der Waals surface area (Å²) in [6, 6.07) is 5.15. The Morgan fingerprint density at radius 1 is 1.20 bits per heavy atom. The standard InChI is InChI=1S/C8H12N2O7P2.Na/c9-6-3-1-5(2-4-6)7(11)10-8(18(12,13)14)19(15,16)17;/h1-4,8H,9H2,(H,10,11)(H2,12,13,14)(H2,15,16,17);/q;+1/p-1. The third-order valence-electron chi connectivity index (χ3n) is 2.06. The Morgan fingerprint density at radius 2 is 1.65 bits per heavy atom. The van der Waals surface area contributed by atoms with Gasteiger partial charge in [0.15, 0.2) is 13.1 Å². The third kappa shape index (κ3) is 5.65. The largest absolute Gasteiger partial charge is 1.00 e. The molecule has 0 radical (unpaired) electrons. The smallest absolute Gasteiger partial charge is 0.777 e. The Labute approximate surface area is 136 Å². The third-order valence-corrected chi connectivity index (χ3v) is 5.35. The van der Waals surface area contributed by atoms with Gasteiger partial charge in [0.05, 0.1) is 0 Å². The number of benzene rings is 1. The van der Waals surface area contributed by atoms with Crippen LogP contribution in [0.25, 0.3) is 0 Å². The number of carbonyl (C=O) groups excluding carboxylic acids is 1. The Morgan fingerprint density at radius 3 is 2.00 bits per heavy atom. The van der Waals surface area contributed by atoms with Crippen LogP contribution in [0.1, 0.15) is 10.4 Å². The van der Waals surface area contributed by atoms with Crippen LogP contribution >= 0.6 is 15.2 Å². The predicted octanol–water partition coefficient (Wildman–Crippen LogP) is -3.99. The Kier molecular flexibility index (Phi) is 7.10. The van der Waals surface area contributed by atoms with E-state index in [9.17, 15) is 18.8 Å². The molecule has 0 fully saturated rings. The van der Waals surface area contributed by atoms with Gasteiger partial charge in [0.25, 0.3) is 5.91 Å². The van der Waals surface area contributed by atoms with Crippen LogP contribution in [0.2, 0.25) is 0 Å². The molecule has 9 nitrogen and oxygen atoms in total. The van der Waals surface area contributed by atoms with E-state index < -0.39 is 26.6 Å². The van der Waals surface area contributed by atoms with Crippen molar-refractivity contribution in [3.8, 4) is 0 Å². The molecule has 1 aromatic rings. The zero-order valence-corrected chi connectivity index (χ0v) is 14.1. The molecular formula is C8H11N2NaO7P2. The van der Waals surface area contributed by atoms with E-state index in [1.165, 1.54) is 24.3 Å². The molecule has 0 saturated heterocycles. The Hall–Kier alpha value is -0.210. The van der Waals surface area contributed by atoms with Crippen molar-refractivity contribution in [3.63, 3.8) is 0 Å². The van der Waals surface area contributed by atoms with Crippen molar-refractivity contribution in [1.82, 2.24) is 5.32 Å². The van der Waals surface area contributed by atoms with Gasteiger partial charge >= 0.3 is 37.2 Å².